The van der Waals surface area contributed by atoms with Crippen LogP contribution in [0.3, 0.4) is 0 Å². The van der Waals surface area contributed by atoms with E-state index in [-0.39, 0.29) is 11.8 Å². The minimum absolute atomic E-state index is 0.191. The summed E-state index contributed by atoms with van der Waals surface area (Å²) in [5.74, 6) is 1.56. The number of carbonyl (C=O) groups is 2. The largest absolute Gasteiger partial charge is 0.480 e. The summed E-state index contributed by atoms with van der Waals surface area (Å²) in [5, 5.41) is 13.9. The first-order chi connectivity index (χ1) is 18.5. The summed E-state index contributed by atoms with van der Waals surface area (Å²) < 4.78 is 18.4. The molecule has 6 rings (SSSR count). The van der Waals surface area contributed by atoms with Gasteiger partial charge in [-0.05, 0) is 48.5 Å². The third-order valence-corrected chi connectivity index (χ3v) is 6.75. The van der Waals surface area contributed by atoms with E-state index in [0.717, 1.165) is 15.8 Å². The summed E-state index contributed by atoms with van der Waals surface area (Å²) in [5.41, 5.74) is 1.85. The first-order valence-electron chi connectivity index (χ1n) is 11.8. The van der Waals surface area contributed by atoms with Crippen LogP contribution >= 0.6 is 11.3 Å². The van der Waals surface area contributed by atoms with Gasteiger partial charge in [0.25, 0.3) is 11.8 Å². The number of nitrogens with zero attached hydrogens (tertiary/aromatic N) is 3. The van der Waals surface area contributed by atoms with E-state index in [1.165, 1.54) is 11.3 Å². The van der Waals surface area contributed by atoms with E-state index < -0.39 is 6.10 Å². The van der Waals surface area contributed by atoms with Crippen molar-refractivity contribution < 1.29 is 23.5 Å². The molecule has 11 heteroatoms. The molecule has 5 aromatic rings. The summed E-state index contributed by atoms with van der Waals surface area (Å²) >= 11 is 1.38. The predicted octanol–water partition coefficient (Wildman–Crippen LogP) is 4.97. The second-order valence-corrected chi connectivity index (χ2v) is 9.60. The van der Waals surface area contributed by atoms with E-state index >= 15 is 0 Å². The standard InChI is InChI=1S/C27H21N5O5S/c1-15-31-32-26(35-15)16-6-8-18(9-7-16)36-19-12-17(13-20(14-19)37-22-10-11-28-25(22)34)24(33)30-27-29-21-4-2-3-5-23(21)38-27/h2-9,12-14,22H,10-11H2,1H3,(H,28,34)(H,29,30,33). The van der Waals surface area contributed by atoms with Crippen LogP contribution in [0.25, 0.3) is 21.7 Å². The van der Waals surface area contributed by atoms with Crippen LogP contribution < -0.4 is 20.1 Å². The predicted molar refractivity (Wildman–Crippen MR) is 141 cm³/mol. The fraction of sp³-hybridized carbons (Fsp3) is 0.148. The summed E-state index contributed by atoms with van der Waals surface area (Å²) in [4.78, 5) is 29.7. The summed E-state index contributed by atoms with van der Waals surface area (Å²) in [6.45, 7) is 2.26. The summed E-state index contributed by atoms with van der Waals surface area (Å²) in [6.07, 6.45) is -0.101. The molecule has 1 fully saturated rings. The number of benzene rings is 3. The maximum absolute atomic E-state index is 13.2. The first-order valence-corrected chi connectivity index (χ1v) is 12.7. The topological polar surface area (TPSA) is 128 Å². The molecule has 2 aromatic heterocycles. The SMILES string of the molecule is Cc1nnc(-c2ccc(Oc3cc(OC4CCNC4=O)cc(C(=O)Nc4nc5ccccc5s4)c3)cc2)o1. The van der Waals surface area contributed by atoms with Crippen molar-refractivity contribution in [3.63, 3.8) is 0 Å². The Hall–Kier alpha value is -4.77. The highest BCUT2D eigenvalue weighted by molar-refractivity contribution is 7.22. The Bertz CT molecular complexity index is 1610. The molecular weight excluding hydrogens is 506 g/mol. The Morgan fingerprint density at radius 3 is 2.61 bits per heavy atom. The number of carbonyl (C=O) groups excluding carboxylic acids is 2. The second-order valence-electron chi connectivity index (χ2n) is 8.57. The molecule has 10 nitrogen and oxygen atoms in total. The molecule has 1 atom stereocenters. The quantitative estimate of drug-likeness (QED) is 0.304. The molecule has 0 aliphatic carbocycles. The molecular formula is C27H21N5O5S. The number of para-hydroxylation sites is 1. The highest BCUT2D eigenvalue weighted by Gasteiger charge is 2.26. The highest BCUT2D eigenvalue weighted by atomic mass is 32.1. The van der Waals surface area contributed by atoms with Gasteiger partial charge in [-0.25, -0.2) is 4.98 Å². The molecule has 3 heterocycles. The highest BCUT2D eigenvalue weighted by Crippen LogP contribution is 2.31. The van der Waals surface area contributed by atoms with Gasteiger partial charge in [-0.3, -0.25) is 14.9 Å². The van der Waals surface area contributed by atoms with Gasteiger partial charge in [0, 0.05) is 37.1 Å². The Labute approximate surface area is 220 Å². The number of amides is 2. The van der Waals surface area contributed by atoms with Gasteiger partial charge in [0.05, 0.1) is 10.2 Å². The number of anilines is 1. The molecule has 1 unspecified atom stereocenters. The number of aromatic nitrogens is 3. The van der Waals surface area contributed by atoms with Gasteiger partial charge in [0.15, 0.2) is 11.2 Å². The number of aryl methyl sites for hydroxylation is 1. The van der Waals surface area contributed by atoms with Crippen LogP contribution in [0.4, 0.5) is 5.13 Å². The molecule has 1 aliphatic rings. The fourth-order valence-electron chi connectivity index (χ4n) is 3.99. The fourth-order valence-corrected chi connectivity index (χ4v) is 4.85. The molecule has 0 spiro atoms. The Kier molecular flexibility index (Phi) is 6.18. The van der Waals surface area contributed by atoms with Gasteiger partial charge in [-0.15, -0.1) is 10.2 Å². The molecule has 0 bridgehead atoms. The average Bonchev–Trinajstić information content (AvgIpc) is 3.64. The van der Waals surface area contributed by atoms with Crippen LogP contribution in [0.5, 0.6) is 17.2 Å². The lowest BCUT2D eigenvalue weighted by atomic mass is 10.1. The van der Waals surface area contributed by atoms with E-state index in [0.29, 0.717) is 52.7 Å². The van der Waals surface area contributed by atoms with Crippen molar-refractivity contribution in [1.29, 1.82) is 0 Å². The zero-order chi connectivity index (χ0) is 26.1. The number of hydrogen-bond donors (Lipinski definition) is 2. The zero-order valence-corrected chi connectivity index (χ0v) is 21.0. The number of ether oxygens (including phenoxy) is 2. The van der Waals surface area contributed by atoms with E-state index in [9.17, 15) is 9.59 Å². The van der Waals surface area contributed by atoms with Crippen molar-refractivity contribution in [2.75, 3.05) is 11.9 Å². The third kappa shape index (κ3) is 5.04. The van der Waals surface area contributed by atoms with Gasteiger partial charge >= 0.3 is 0 Å². The molecule has 2 amide bonds. The normalized spacial score (nSPS) is 14.9. The van der Waals surface area contributed by atoms with Crippen LogP contribution in [-0.4, -0.2) is 39.6 Å². The number of hydrogen-bond acceptors (Lipinski definition) is 9. The van der Waals surface area contributed by atoms with Crippen LogP contribution in [-0.2, 0) is 4.79 Å². The van der Waals surface area contributed by atoms with Crippen molar-refractivity contribution in [3.05, 3.63) is 78.2 Å². The van der Waals surface area contributed by atoms with E-state index in [1.54, 1.807) is 49.4 Å². The van der Waals surface area contributed by atoms with Crippen LogP contribution in [0.15, 0.2) is 71.1 Å². The molecule has 2 N–H and O–H groups in total. The van der Waals surface area contributed by atoms with E-state index in [1.807, 2.05) is 24.3 Å². The van der Waals surface area contributed by atoms with Crippen LogP contribution in [0.1, 0.15) is 22.7 Å². The van der Waals surface area contributed by atoms with Gasteiger partial charge < -0.3 is 19.2 Å². The minimum Gasteiger partial charge on any atom is -0.480 e. The van der Waals surface area contributed by atoms with Gasteiger partial charge in [0.1, 0.15) is 17.2 Å². The van der Waals surface area contributed by atoms with Crippen molar-refractivity contribution in [1.82, 2.24) is 20.5 Å². The maximum atomic E-state index is 13.2. The smallest absolute Gasteiger partial charge is 0.261 e. The number of nitrogens with one attached hydrogen (secondary N) is 2. The molecule has 1 aliphatic heterocycles. The summed E-state index contributed by atoms with van der Waals surface area (Å²) in [7, 11) is 0. The minimum atomic E-state index is -0.637. The lowest BCUT2D eigenvalue weighted by Crippen LogP contribution is -2.27. The number of fused-ring (bicyclic) bond motifs is 1. The van der Waals surface area contributed by atoms with Gasteiger partial charge in [-0.2, -0.15) is 0 Å². The molecule has 3 aromatic carbocycles. The van der Waals surface area contributed by atoms with E-state index in [4.69, 9.17) is 13.9 Å². The number of thiazole rings is 1. The van der Waals surface area contributed by atoms with Crippen LogP contribution in [0, 0.1) is 6.92 Å². The number of rotatable bonds is 7. The van der Waals surface area contributed by atoms with Gasteiger partial charge in [0.2, 0.25) is 11.8 Å². The van der Waals surface area contributed by atoms with Crippen molar-refractivity contribution in [2.45, 2.75) is 19.4 Å². The first kappa shape index (κ1) is 23.6. The van der Waals surface area contributed by atoms with Crippen LogP contribution in [0.2, 0.25) is 0 Å². The Morgan fingerprint density at radius 1 is 1.05 bits per heavy atom. The average molecular weight is 528 g/mol. The molecule has 190 valence electrons. The summed E-state index contributed by atoms with van der Waals surface area (Å²) in [6, 6.07) is 19.6. The molecule has 38 heavy (non-hydrogen) atoms. The maximum Gasteiger partial charge on any atom is 0.261 e. The van der Waals surface area contributed by atoms with Crippen molar-refractivity contribution in [3.8, 4) is 28.7 Å². The lowest BCUT2D eigenvalue weighted by Gasteiger charge is -2.14. The van der Waals surface area contributed by atoms with Gasteiger partial charge in [-0.1, -0.05) is 23.5 Å². The molecule has 0 saturated carbocycles. The van der Waals surface area contributed by atoms with Crippen molar-refractivity contribution in [2.24, 2.45) is 0 Å². The molecule has 0 radical (unpaired) electrons. The zero-order valence-electron chi connectivity index (χ0n) is 20.1. The third-order valence-electron chi connectivity index (χ3n) is 5.80. The monoisotopic (exact) mass is 527 g/mol. The Balaban J connectivity index is 1.26. The Morgan fingerprint density at radius 2 is 1.87 bits per heavy atom. The lowest BCUT2D eigenvalue weighted by molar-refractivity contribution is -0.124. The molecule has 1 saturated heterocycles. The second kappa shape index (κ2) is 9.94. The van der Waals surface area contributed by atoms with Crippen molar-refractivity contribution >= 4 is 38.5 Å². The van der Waals surface area contributed by atoms with E-state index in [2.05, 4.69) is 25.8 Å².